The summed E-state index contributed by atoms with van der Waals surface area (Å²) in [5.41, 5.74) is 0. The van der Waals surface area contributed by atoms with Gasteiger partial charge in [0, 0.05) is 17.8 Å². The van der Waals surface area contributed by atoms with Crippen molar-refractivity contribution in [2.75, 3.05) is 0 Å². The first kappa shape index (κ1) is 15.7. The van der Waals surface area contributed by atoms with Crippen LogP contribution in [0.5, 0.6) is 0 Å². The second-order valence-corrected chi connectivity index (χ2v) is 4.30. The molecular weight excluding hydrogens is 244 g/mol. The molecule has 0 aliphatic carbocycles. The van der Waals surface area contributed by atoms with Crippen LogP contribution < -0.4 is 29.6 Å². The van der Waals surface area contributed by atoms with Gasteiger partial charge in [0.05, 0.1) is 0 Å². The van der Waals surface area contributed by atoms with Crippen LogP contribution in [0.2, 0.25) is 0 Å². The largest absolute Gasteiger partial charge is 1.00 e. The van der Waals surface area contributed by atoms with Crippen molar-refractivity contribution in [3.05, 3.63) is 0 Å². The van der Waals surface area contributed by atoms with Gasteiger partial charge in [-0.15, -0.1) is 9.79 Å². The van der Waals surface area contributed by atoms with Gasteiger partial charge in [0.2, 0.25) is 0 Å². The molecule has 0 heterocycles. The molecule has 0 bridgehead atoms. The predicted molar refractivity (Wildman–Crippen MR) is 32.8 cm³/mol. The molecule has 0 radical (unpaired) electrons. The van der Waals surface area contributed by atoms with E-state index in [2.05, 4.69) is 8.62 Å². The Kier molecular flexibility index (Phi) is 8.69. The summed E-state index contributed by atoms with van der Waals surface area (Å²) in [6.45, 7) is 0. The van der Waals surface area contributed by atoms with Crippen LogP contribution in [0.4, 0.5) is 0 Å². The predicted octanol–water partition coefficient (Wildman–Crippen LogP) is -2.46. The molecule has 66 valence electrons. The maximum absolute atomic E-state index is 10.3. The number of hydrogen-bond donors (Lipinski definition) is 3. The molecule has 0 aliphatic heterocycles. The van der Waals surface area contributed by atoms with E-state index >= 15 is 0 Å². The van der Waals surface area contributed by atoms with Crippen molar-refractivity contribution < 1.29 is 68.0 Å². The van der Waals surface area contributed by atoms with Gasteiger partial charge in [-0.1, -0.05) is 0 Å². The van der Waals surface area contributed by atoms with Gasteiger partial charge in [-0.25, -0.2) is 4.57 Å². The minimum Gasteiger partial charge on any atom is -1.00 e. The molecule has 0 rings (SSSR count). The van der Waals surface area contributed by atoms with Crippen LogP contribution in [0.15, 0.2) is 0 Å². The molecule has 0 aromatic carbocycles. The third-order valence-corrected chi connectivity index (χ3v) is 3.11. The molecular formula is H4NaO8P3+2. The first-order chi connectivity index (χ1) is 4.83. The molecule has 3 N–H and O–H groups in total. The zero-order valence-electron chi connectivity index (χ0n) is 6.72. The summed E-state index contributed by atoms with van der Waals surface area (Å²) in [4.78, 5) is 24.1. The fourth-order valence-corrected chi connectivity index (χ4v) is 1.99. The normalized spacial score (nSPS) is 17.2. The average Bonchev–Trinajstić information content (AvgIpc) is 1.53. The van der Waals surface area contributed by atoms with Crippen molar-refractivity contribution in [2.45, 2.75) is 0 Å². The van der Waals surface area contributed by atoms with Gasteiger partial charge in [-0.2, -0.15) is 0 Å². The minimum absolute atomic E-state index is 0. The smallest absolute Gasteiger partial charge is 1.00 e. The first-order valence-electron chi connectivity index (χ1n) is 1.88. The molecule has 0 aromatic rings. The van der Waals surface area contributed by atoms with Crippen LogP contribution in [-0.2, 0) is 22.3 Å². The molecule has 0 saturated heterocycles. The first-order valence-corrected chi connectivity index (χ1v) is 5.63. The van der Waals surface area contributed by atoms with Gasteiger partial charge >= 0.3 is 53.9 Å². The number of rotatable bonds is 4. The van der Waals surface area contributed by atoms with Crippen molar-refractivity contribution in [3.63, 3.8) is 0 Å². The van der Waals surface area contributed by atoms with E-state index in [0.29, 0.717) is 0 Å². The van der Waals surface area contributed by atoms with Gasteiger partial charge < -0.3 is 1.43 Å². The van der Waals surface area contributed by atoms with Crippen LogP contribution >= 0.6 is 24.3 Å². The van der Waals surface area contributed by atoms with Crippen molar-refractivity contribution in [2.24, 2.45) is 0 Å². The van der Waals surface area contributed by atoms with Crippen molar-refractivity contribution in [1.29, 1.82) is 0 Å². The topological polar surface area (TPSA) is 130 Å². The second-order valence-electron chi connectivity index (χ2n) is 1.11. The van der Waals surface area contributed by atoms with Gasteiger partial charge in [0.1, 0.15) is 0 Å². The van der Waals surface area contributed by atoms with Crippen molar-refractivity contribution in [1.82, 2.24) is 0 Å². The minimum atomic E-state index is -4.87. The molecule has 2 unspecified atom stereocenters. The summed E-state index contributed by atoms with van der Waals surface area (Å²) >= 11 is 0. The molecule has 12 heteroatoms. The van der Waals surface area contributed by atoms with E-state index in [1.54, 1.807) is 0 Å². The SMILES string of the molecule is O=[P+](O)OP(=O)(O)O[P+](=O)O.[H-].[Na+]. The molecule has 0 fully saturated rings. The monoisotopic (exact) mass is 248 g/mol. The molecule has 8 nitrogen and oxygen atoms in total. The van der Waals surface area contributed by atoms with Gasteiger partial charge in [-0.05, 0) is 0 Å². The van der Waals surface area contributed by atoms with Crippen LogP contribution in [0.1, 0.15) is 1.43 Å². The van der Waals surface area contributed by atoms with Crippen LogP contribution in [0.3, 0.4) is 0 Å². The molecule has 2 atom stereocenters. The van der Waals surface area contributed by atoms with Gasteiger partial charge in [0.15, 0.2) is 0 Å². The van der Waals surface area contributed by atoms with Crippen LogP contribution in [0, 0.1) is 0 Å². The van der Waals surface area contributed by atoms with Gasteiger partial charge in [-0.3, -0.25) is 4.89 Å². The molecule has 0 spiro atoms. The summed E-state index contributed by atoms with van der Waals surface area (Å²) in [5, 5.41) is 0. The third kappa shape index (κ3) is 9.32. The summed E-state index contributed by atoms with van der Waals surface area (Å²) in [7, 11) is -11.6. The van der Waals surface area contributed by atoms with Crippen LogP contribution in [0.25, 0.3) is 0 Å². The zero-order valence-corrected chi connectivity index (χ0v) is 10.4. The fraction of sp³-hybridized carbons (Fsp3) is 0. The van der Waals surface area contributed by atoms with E-state index in [-0.39, 0.29) is 31.0 Å². The van der Waals surface area contributed by atoms with Gasteiger partial charge in [0.25, 0.3) is 0 Å². The summed E-state index contributed by atoms with van der Waals surface area (Å²) in [5.74, 6) is 0. The quantitative estimate of drug-likeness (QED) is 0.368. The Morgan fingerprint density at radius 2 is 1.42 bits per heavy atom. The fourth-order valence-electron chi connectivity index (χ4n) is 0.191. The van der Waals surface area contributed by atoms with Crippen molar-refractivity contribution >= 4 is 24.3 Å². The van der Waals surface area contributed by atoms with Crippen molar-refractivity contribution in [3.8, 4) is 0 Å². The zero-order chi connectivity index (χ0) is 9.07. The van der Waals surface area contributed by atoms with E-state index in [0.717, 1.165) is 0 Å². The Labute approximate surface area is 92.2 Å². The summed E-state index contributed by atoms with van der Waals surface area (Å²) < 4.78 is 36.4. The maximum atomic E-state index is 10.3. The van der Waals surface area contributed by atoms with E-state index in [4.69, 9.17) is 14.7 Å². The summed E-state index contributed by atoms with van der Waals surface area (Å²) in [6, 6.07) is 0. The Balaban J connectivity index is -0.000000500. The average molecular weight is 248 g/mol. The second kappa shape index (κ2) is 6.65. The molecule has 0 amide bonds. The standard InChI is InChI=1S/Na.HO8P3.H/c;1-9(2)7-11(5,6)8-10(3)4;/h;(H-2,1,2,3,4,5,6);/q+1;;-1/p+2. The Morgan fingerprint density at radius 3 is 1.58 bits per heavy atom. The Bertz CT molecular complexity index is 205. The van der Waals surface area contributed by atoms with E-state index in [1.165, 1.54) is 0 Å². The molecule has 12 heavy (non-hydrogen) atoms. The molecule has 0 saturated carbocycles. The van der Waals surface area contributed by atoms with E-state index in [1.807, 2.05) is 0 Å². The van der Waals surface area contributed by atoms with Crippen LogP contribution in [-0.4, -0.2) is 14.7 Å². The number of phosphoric acid groups is 1. The Hall–Kier alpha value is 1.23. The maximum Gasteiger partial charge on any atom is 1.00 e. The van der Waals surface area contributed by atoms with E-state index < -0.39 is 24.3 Å². The Morgan fingerprint density at radius 1 is 1.17 bits per heavy atom. The number of hydrogen-bond acceptors (Lipinski definition) is 5. The third-order valence-electron chi connectivity index (χ3n) is 0.346. The summed E-state index contributed by atoms with van der Waals surface area (Å²) in [6.07, 6.45) is 0. The van der Waals surface area contributed by atoms with E-state index in [9.17, 15) is 13.7 Å². The molecule has 0 aliphatic rings. The molecule has 0 aromatic heterocycles.